The zero-order chi connectivity index (χ0) is 70.6. The van der Waals surface area contributed by atoms with Gasteiger partial charge in [-0.2, -0.15) is 0 Å². The van der Waals surface area contributed by atoms with Gasteiger partial charge in [0.15, 0.2) is 0 Å². The number of carbonyl (C=O) groups excluding carboxylic acids is 3. The number of nitrogens with zero attached hydrogens (tertiary/aromatic N) is 5. The molecule has 11 aromatic rings. The van der Waals surface area contributed by atoms with Crippen molar-refractivity contribution >= 4 is 93.4 Å². The number of likely N-dealkylation sites (tertiary alicyclic amines) is 2. The number of H-pyrrole nitrogens is 5. The first kappa shape index (κ1) is 71.3. The van der Waals surface area contributed by atoms with Gasteiger partial charge in [0.1, 0.15) is 18.2 Å². The Labute approximate surface area is 591 Å². The fourth-order valence-electron chi connectivity index (χ4n) is 15.2. The predicted molar refractivity (Wildman–Crippen MR) is 405 cm³/mol. The predicted octanol–water partition coefficient (Wildman–Crippen LogP) is 15.4. The van der Waals surface area contributed by atoms with Gasteiger partial charge in [-0.05, 0) is 171 Å². The van der Waals surface area contributed by atoms with Gasteiger partial charge in [-0.15, -0.1) is 0 Å². The lowest BCUT2D eigenvalue weighted by Gasteiger charge is -2.32. The Hall–Kier alpha value is -9.53. The molecule has 0 saturated carbocycles. The van der Waals surface area contributed by atoms with Crippen molar-refractivity contribution in [1.82, 2.24) is 48.8 Å². The smallest absolute Gasteiger partial charge is 0.248 e. The molecule has 3 amide bonds. The van der Waals surface area contributed by atoms with E-state index in [4.69, 9.17) is 9.47 Å². The first-order chi connectivity index (χ1) is 49.0. The second-order valence-electron chi connectivity index (χ2n) is 27.3. The molecule has 3 saturated heterocycles. The molecule has 16 rings (SSSR count). The van der Waals surface area contributed by atoms with Crippen molar-refractivity contribution in [3.8, 4) is 5.75 Å². The van der Waals surface area contributed by atoms with Gasteiger partial charge < -0.3 is 49.1 Å². The summed E-state index contributed by atoms with van der Waals surface area (Å²) in [4.78, 5) is 59.1. The van der Waals surface area contributed by atoms with E-state index in [1.165, 1.54) is 115 Å². The highest BCUT2D eigenvalue weighted by atomic mass is 32.2. The highest BCUT2D eigenvalue weighted by molar-refractivity contribution is 7.88. The topological polar surface area (TPSA) is 199 Å². The van der Waals surface area contributed by atoms with Gasteiger partial charge in [-0.3, -0.25) is 19.3 Å². The fraction of sp³-hybridized carbons (Fsp3) is 0.354. The van der Waals surface area contributed by atoms with Crippen LogP contribution in [0.15, 0.2) is 177 Å². The number of benzene rings is 6. The van der Waals surface area contributed by atoms with Crippen molar-refractivity contribution in [1.29, 1.82) is 0 Å². The van der Waals surface area contributed by atoms with Crippen molar-refractivity contribution in [2.24, 2.45) is 0 Å². The number of nitrogens with one attached hydrogen (secondary N) is 5. The van der Waals surface area contributed by atoms with Crippen LogP contribution >= 0.6 is 0 Å². The van der Waals surface area contributed by atoms with Gasteiger partial charge in [0, 0.05) is 171 Å². The molecule has 0 atom stereocenters. The van der Waals surface area contributed by atoms with Crippen molar-refractivity contribution < 1.29 is 36.7 Å². The maximum Gasteiger partial charge on any atom is 0.248 e. The van der Waals surface area contributed by atoms with Crippen molar-refractivity contribution in [2.45, 2.75) is 96.4 Å². The van der Waals surface area contributed by atoms with Crippen LogP contribution in [0.5, 0.6) is 5.75 Å². The number of halogens is 1. The second-order valence-corrected chi connectivity index (χ2v) is 29.3. The maximum absolute atomic E-state index is 13.3. The van der Waals surface area contributed by atoms with Crippen molar-refractivity contribution in [2.75, 3.05) is 92.5 Å². The van der Waals surface area contributed by atoms with Gasteiger partial charge in [0.2, 0.25) is 27.7 Å². The fourth-order valence-corrected chi connectivity index (χ4v) is 16.0. The SMILES string of the molecule is CC(=O)N1CC=C(c2c[nH]c3ccc(F)cc23)CC1.COCC(=O)N1CCC(c2c[nH]c3ccccc23)CC1.COc1cccc2c(C3=CCN(C(C)=O)CC3)c[nH]c12.Cc1ccc2[nH]cc(C3CCN(S(C)(=O)=O)CC3)c2c1.c1ccc(CN2CCC(c3c[nH]c4ccccc34)CC2)cc1. The number of aromatic nitrogens is 5. The Morgan fingerprint density at radius 1 is 0.505 bits per heavy atom. The lowest BCUT2D eigenvalue weighted by molar-refractivity contribution is -0.136. The zero-order valence-corrected chi connectivity index (χ0v) is 59.8. The van der Waals surface area contributed by atoms with Crippen LogP contribution in [0.3, 0.4) is 0 Å². The molecule has 3 fully saturated rings. The summed E-state index contributed by atoms with van der Waals surface area (Å²) in [6, 6.07) is 45.1. The number of aromatic amines is 5. The maximum atomic E-state index is 13.3. The van der Waals surface area contributed by atoms with Crippen LogP contribution in [-0.4, -0.2) is 167 Å². The van der Waals surface area contributed by atoms with Crippen molar-refractivity contribution in [3.05, 3.63) is 221 Å². The number of aryl methyl sites for hydroxylation is 1. The Morgan fingerprint density at radius 3 is 1.53 bits per heavy atom. The largest absolute Gasteiger partial charge is 0.495 e. The third kappa shape index (κ3) is 17.3. The average Bonchev–Trinajstić information content (AvgIpc) is 1.72. The molecule has 10 heterocycles. The molecule has 5 aliphatic rings. The summed E-state index contributed by atoms with van der Waals surface area (Å²) >= 11 is 0. The van der Waals surface area contributed by atoms with Crippen LogP contribution < -0.4 is 4.74 Å². The summed E-state index contributed by atoms with van der Waals surface area (Å²) in [6.07, 6.45) is 23.9. The number of fused-ring (bicyclic) bond motifs is 5. The van der Waals surface area contributed by atoms with E-state index >= 15 is 0 Å². The summed E-state index contributed by atoms with van der Waals surface area (Å²) in [5.41, 5.74) is 17.2. The molecular weight excluding hydrogens is 1290 g/mol. The number of ether oxygens (including phenoxy) is 2. The molecule has 5 aliphatic heterocycles. The minimum atomic E-state index is -3.04. The van der Waals surface area contributed by atoms with E-state index in [1.807, 2.05) is 34.3 Å². The quantitative estimate of drug-likeness (QED) is 0.0842. The summed E-state index contributed by atoms with van der Waals surface area (Å²) in [5, 5.41) is 6.08. The van der Waals surface area contributed by atoms with E-state index in [0.717, 1.165) is 104 Å². The van der Waals surface area contributed by atoms with Crippen LogP contribution in [0.25, 0.3) is 65.7 Å². The second kappa shape index (κ2) is 32.9. The van der Waals surface area contributed by atoms with Gasteiger partial charge in [0.25, 0.3) is 0 Å². The van der Waals surface area contributed by atoms with E-state index < -0.39 is 10.0 Å². The molecule has 101 heavy (non-hydrogen) atoms. The Kier molecular flexibility index (Phi) is 23.2. The molecule has 528 valence electrons. The van der Waals surface area contributed by atoms with Gasteiger partial charge in [0.05, 0.1) is 18.9 Å². The zero-order valence-electron chi connectivity index (χ0n) is 59.0. The van der Waals surface area contributed by atoms with Crippen LogP contribution in [-0.2, 0) is 35.7 Å². The molecule has 17 nitrogen and oxygen atoms in total. The van der Waals surface area contributed by atoms with Gasteiger partial charge >= 0.3 is 0 Å². The highest BCUT2D eigenvalue weighted by Gasteiger charge is 2.29. The monoisotopic (exact) mass is 1380 g/mol. The molecule has 0 aliphatic carbocycles. The molecule has 6 aromatic carbocycles. The van der Waals surface area contributed by atoms with Crippen LogP contribution in [0.1, 0.15) is 122 Å². The van der Waals surface area contributed by atoms with E-state index in [9.17, 15) is 27.2 Å². The number of amides is 3. The van der Waals surface area contributed by atoms with Gasteiger partial charge in [-0.25, -0.2) is 17.1 Å². The third-order valence-electron chi connectivity index (χ3n) is 20.8. The van der Waals surface area contributed by atoms with Crippen LogP contribution in [0.4, 0.5) is 4.39 Å². The lowest BCUT2D eigenvalue weighted by Crippen LogP contribution is -2.39. The number of rotatable bonds is 11. The van der Waals surface area contributed by atoms with E-state index in [2.05, 4.69) is 171 Å². The number of hydrogen-bond donors (Lipinski definition) is 5. The van der Waals surface area contributed by atoms with Crippen LogP contribution in [0, 0.1) is 12.7 Å². The molecule has 5 N–H and O–H groups in total. The molecule has 19 heteroatoms. The number of carbonyl (C=O) groups is 3. The minimum Gasteiger partial charge on any atom is -0.495 e. The average molecular weight is 1380 g/mol. The Bertz CT molecular complexity index is 4830. The molecule has 0 bridgehead atoms. The van der Waals surface area contributed by atoms with Crippen molar-refractivity contribution in [3.63, 3.8) is 0 Å². The Balaban J connectivity index is 0.000000120. The van der Waals surface area contributed by atoms with Gasteiger partial charge in [-0.1, -0.05) is 103 Å². The van der Waals surface area contributed by atoms with E-state index in [0.29, 0.717) is 43.9 Å². The first-order valence-corrected chi connectivity index (χ1v) is 37.3. The highest BCUT2D eigenvalue weighted by Crippen LogP contribution is 2.38. The summed E-state index contributed by atoms with van der Waals surface area (Å²) < 4.78 is 48.3. The Morgan fingerprint density at radius 2 is 0.990 bits per heavy atom. The standard InChI is InChI=1S/C20H22N2.C16H18N2O2.C16H20N2O2.C15H15FN2O.C15H20N2O2S/c1-2-6-16(7-3-1)15-22-12-10-17(11-13-22)19-14-21-20-9-5-4-8-18(19)20;1-11(19)18-8-6-12(7-9-18)14-10-17-16-13(14)4-3-5-15(16)20-2;1-20-11-16(19)18-8-6-12(7-9-18)14-10-17-15-5-3-2-4-13(14)15;1-10(19)18-6-4-11(5-7-18)14-9-17-15-3-2-12(16)8-13(14)15;1-11-3-4-15-13(9-11)14(10-16-15)12-5-7-17(8-6-12)20(2,18)19/h1-9,14,17,21H,10-13,15H2;3-6,10,17H,7-9H2,1-2H3;2-5,10,12,17H,6-9,11H2,1H3;2-4,8-9,17H,5-7H2,1H3;3-4,9-10,12,16H,5-8H2,1-2H3. The lowest BCUT2D eigenvalue weighted by atomic mass is 9.89. The molecular formula is C82H95FN10O7S. The third-order valence-corrected chi connectivity index (χ3v) is 22.2. The number of hydrogen-bond acceptors (Lipinski definition) is 8. The summed E-state index contributed by atoms with van der Waals surface area (Å²) in [6.45, 7) is 14.7. The van der Waals surface area contributed by atoms with E-state index in [1.54, 1.807) is 49.4 Å². The number of piperidine rings is 3. The van der Waals surface area contributed by atoms with E-state index in [-0.39, 0.29) is 30.1 Å². The molecule has 0 radical (unpaired) electrons. The summed E-state index contributed by atoms with van der Waals surface area (Å²) in [5.74, 6) is 2.65. The summed E-state index contributed by atoms with van der Waals surface area (Å²) in [7, 11) is 0.205. The number of para-hydroxylation sites is 3. The number of methoxy groups -OCH3 is 2. The first-order valence-electron chi connectivity index (χ1n) is 35.5. The molecule has 0 spiro atoms. The normalized spacial score (nSPS) is 16.7. The minimum absolute atomic E-state index is 0.0975. The molecule has 0 unspecified atom stereocenters. The number of sulfonamides is 1. The van der Waals surface area contributed by atoms with Crippen LogP contribution in [0.2, 0.25) is 0 Å². The molecule has 5 aromatic heterocycles.